The maximum atomic E-state index is 12.3. The quantitative estimate of drug-likeness (QED) is 0.746. The minimum Gasteiger partial charge on any atom is -0.481 e. The Balaban J connectivity index is 4.87. The van der Waals surface area contributed by atoms with Crippen LogP contribution in [0.3, 0.4) is 0 Å². The molecule has 0 heterocycles. The fourth-order valence-corrected chi connectivity index (χ4v) is 2.71. The van der Waals surface area contributed by atoms with E-state index in [0.717, 1.165) is 12.2 Å². The highest BCUT2D eigenvalue weighted by Crippen LogP contribution is 2.32. The van der Waals surface area contributed by atoms with Crippen molar-refractivity contribution in [2.24, 2.45) is 11.3 Å². The van der Waals surface area contributed by atoms with Gasteiger partial charge in [0.2, 0.25) is 5.91 Å². The van der Waals surface area contributed by atoms with E-state index in [-0.39, 0.29) is 24.3 Å². The maximum Gasteiger partial charge on any atom is 0.310 e. The number of hydrogen-bond acceptors (Lipinski definition) is 3. The van der Waals surface area contributed by atoms with E-state index in [4.69, 9.17) is 0 Å². The molecule has 0 aliphatic carbocycles. The standard InChI is InChI=1S/C14H27NO3S/c1-7-11(9-19-6)15(5)12(16)8-14(4,10(2)3)13(17)18/h10-11H,7-9H2,1-6H3,(H,17,18). The summed E-state index contributed by atoms with van der Waals surface area (Å²) in [6.45, 7) is 7.39. The van der Waals surface area contributed by atoms with Crippen molar-refractivity contribution in [2.75, 3.05) is 19.1 Å². The van der Waals surface area contributed by atoms with Gasteiger partial charge in [-0.1, -0.05) is 20.8 Å². The van der Waals surface area contributed by atoms with E-state index < -0.39 is 11.4 Å². The van der Waals surface area contributed by atoms with E-state index in [9.17, 15) is 14.7 Å². The van der Waals surface area contributed by atoms with Gasteiger partial charge in [-0.2, -0.15) is 11.8 Å². The summed E-state index contributed by atoms with van der Waals surface area (Å²) in [4.78, 5) is 25.4. The SMILES string of the molecule is CCC(CSC)N(C)C(=O)CC(C)(C(=O)O)C(C)C. The molecule has 0 aliphatic rings. The first-order chi connectivity index (χ1) is 8.70. The van der Waals surface area contributed by atoms with Crippen LogP contribution < -0.4 is 0 Å². The largest absolute Gasteiger partial charge is 0.481 e. The van der Waals surface area contributed by atoms with E-state index in [1.54, 1.807) is 30.6 Å². The minimum atomic E-state index is -0.997. The Hall–Kier alpha value is -0.710. The third kappa shape index (κ3) is 4.71. The Kier molecular flexibility index (Phi) is 7.49. The van der Waals surface area contributed by atoms with E-state index in [1.807, 2.05) is 27.0 Å². The lowest BCUT2D eigenvalue weighted by Crippen LogP contribution is -2.44. The Morgan fingerprint density at radius 3 is 2.21 bits per heavy atom. The molecular weight excluding hydrogens is 262 g/mol. The molecule has 0 aromatic heterocycles. The molecule has 0 aromatic rings. The van der Waals surface area contributed by atoms with Crippen molar-refractivity contribution in [3.05, 3.63) is 0 Å². The number of rotatable bonds is 8. The number of hydrogen-bond donors (Lipinski definition) is 1. The second kappa shape index (κ2) is 7.78. The summed E-state index contributed by atoms with van der Waals surface area (Å²) in [5.41, 5.74) is -0.997. The average molecular weight is 289 g/mol. The summed E-state index contributed by atoms with van der Waals surface area (Å²) in [5.74, 6) is -0.186. The molecule has 0 fully saturated rings. The van der Waals surface area contributed by atoms with Crippen molar-refractivity contribution in [2.45, 2.75) is 46.6 Å². The van der Waals surface area contributed by atoms with Crippen molar-refractivity contribution in [1.82, 2.24) is 4.90 Å². The van der Waals surface area contributed by atoms with Crippen LogP contribution in [0.15, 0.2) is 0 Å². The average Bonchev–Trinajstić information content (AvgIpc) is 2.34. The van der Waals surface area contributed by atoms with Crippen LogP contribution >= 0.6 is 11.8 Å². The van der Waals surface area contributed by atoms with E-state index in [1.165, 1.54) is 0 Å². The Labute approximate surface area is 120 Å². The summed E-state index contributed by atoms with van der Waals surface area (Å²) < 4.78 is 0. The Morgan fingerprint density at radius 1 is 1.37 bits per heavy atom. The van der Waals surface area contributed by atoms with Crippen molar-refractivity contribution in [3.8, 4) is 0 Å². The number of carbonyl (C=O) groups is 2. The molecule has 1 amide bonds. The number of aliphatic carboxylic acids is 1. The fraction of sp³-hybridized carbons (Fsp3) is 0.857. The van der Waals surface area contributed by atoms with Crippen LogP contribution in [0.2, 0.25) is 0 Å². The van der Waals surface area contributed by atoms with Gasteiger partial charge in [-0.25, -0.2) is 0 Å². The lowest BCUT2D eigenvalue weighted by Gasteiger charge is -2.33. The lowest BCUT2D eigenvalue weighted by molar-refractivity contribution is -0.155. The predicted molar refractivity (Wildman–Crippen MR) is 80.4 cm³/mol. The Morgan fingerprint density at radius 2 is 1.89 bits per heavy atom. The number of carboxylic acid groups (broad SMARTS) is 1. The topological polar surface area (TPSA) is 57.6 Å². The third-order valence-corrected chi connectivity index (χ3v) is 4.77. The Bertz CT molecular complexity index is 320. The highest BCUT2D eigenvalue weighted by atomic mass is 32.2. The number of nitrogens with zero attached hydrogens (tertiary/aromatic N) is 1. The van der Waals surface area contributed by atoms with Gasteiger partial charge in [0.15, 0.2) is 0 Å². The zero-order valence-corrected chi connectivity index (χ0v) is 13.7. The summed E-state index contributed by atoms with van der Waals surface area (Å²) in [6, 6.07) is 0.174. The van der Waals surface area contributed by atoms with Gasteiger partial charge < -0.3 is 10.0 Å². The molecule has 0 spiro atoms. The van der Waals surface area contributed by atoms with Gasteiger partial charge in [0.05, 0.1) is 5.41 Å². The van der Waals surface area contributed by atoms with Crippen LogP contribution in [0.25, 0.3) is 0 Å². The van der Waals surface area contributed by atoms with Crippen LogP contribution in [-0.4, -0.2) is 47.0 Å². The first kappa shape index (κ1) is 18.3. The third-order valence-electron chi connectivity index (χ3n) is 4.05. The summed E-state index contributed by atoms with van der Waals surface area (Å²) in [6.07, 6.45) is 2.95. The van der Waals surface area contributed by atoms with Gasteiger partial charge in [0, 0.05) is 25.3 Å². The van der Waals surface area contributed by atoms with Gasteiger partial charge in [-0.15, -0.1) is 0 Å². The molecule has 0 aliphatic heterocycles. The molecule has 0 rings (SSSR count). The van der Waals surface area contributed by atoms with Crippen LogP contribution in [0.5, 0.6) is 0 Å². The van der Waals surface area contributed by atoms with Crippen molar-refractivity contribution in [1.29, 1.82) is 0 Å². The second-order valence-electron chi connectivity index (χ2n) is 5.58. The first-order valence-corrected chi connectivity index (χ1v) is 8.08. The fourth-order valence-electron chi connectivity index (χ4n) is 1.87. The predicted octanol–water partition coefficient (Wildman–Crippen LogP) is 2.72. The smallest absolute Gasteiger partial charge is 0.310 e. The minimum absolute atomic E-state index is 0.0569. The van der Waals surface area contributed by atoms with Crippen LogP contribution in [0, 0.1) is 11.3 Å². The second-order valence-corrected chi connectivity index (χ2v) is 6.49. The van der Waals surface area contributed by atoms with E-state index in [2.05, 4.69) is 0 Å². The van der Waals surface area contributed by atoms with Crippen molar-refractivity contribution in [3.63, 3.8) is 0 Å². The van der Waals surface area contributed by atoms with E-state index in [0.29, 0.717) is 0 Å². The molecule has 2 unspecified atom stereocenters. The van der Waals surface area contributed by atoms with Gasteiger partial charge in [0.1, 0.15) is 0 Å². The monoisotopic (exact) mass is 289 g/mol. The highest BCUT2D eigenvalue weighted by Gasteiger charge is 2.40. The van der Waals surface area contributed by atoms with Gasteiger partial charge in [0.25, 0.3) is 0 Å². The number of amides is 1. The zero-order chi connectivity index (χ0) is 15.2. The normalized spacial score (nSPS) is 15.9. The zero-order valence-electron chi connectivity index (χ0n) is 12.9. The van der Waals surface area contributed by atoms with Crippen LogP contribution in [0.4, 0.5) is 0 Å². The number of carbonyl (C=O) groups excluding carboxylic acids is 1. The molecule has 0 aromatic carbocycles. The van der Waals surface area contributed by atoms with Crippen molar-refractivity contribution < 1.29 is 14.7 Å². The van der Waals surface area contributed by atoms with Gasteiger partial charge >= 0.3 is 5.97 Å². The molecule has 19 heavy (non-hydrogen) atoms. The van der Waals surface area contributed by atoms with Crippen LogP contribution in [-0.2, 0) is 9.59 Å². The lowest BCUT2D eigenvalue weighted by atomic mass is 9.76. The molecule has 0 saturated carbocycles. The number of thioether (sulfide) groups is 1. The highest BCUT2D eigenvalue weighted by molar-refractivity contribution is 7.98. The number of carboxylic acids is 1. The molecule has 0 radical (unpaired) electrons. The summed E-state index contributed by atoms with van der Waals surface area (Å²) >= 11 is 1.70. The van der Waals surface area contributed by atoms with Gasteiger partial charge in [-0.05, 0) is 25.5 Å². The van der Waals surface area contributed by atoms with E-state index >= 15 is 0 Å². The summed E-state index contributed by atoms with van der Waals surface area (Å²) in [5, 5.41) is 9.36. The summed E-state index contributed by atoms with van der Waals surface area (Å²) in [7, 11) is 1.77. The molecule has 2 atom stereocenters. The molecule has 1 N–H and O–H groups in total. The molecule has 4 nitrogen and oxygen atoms in total. The van der Waals surface area contributed by atoms with Crippen LogP contribution in [0.1, 0.15) is 40.5 Å². The maximum absolute atomic E-state index is 12.3. The molecule has 112 valence electrons. The molecule has 5 heteroatoms. The van der Waals surface area contributed by atoms with Crippen molar-refractivity contribution >= 4 is 23.6 Å². The molecule has 0 bridgehead atoms. The molecule has 0 saturated heterocycles. The first-order valence-electron chi connectivity index (χ1n) is 6.68. The molecular formula is C14H27NO3S. The van der Waals surface area contributed by atoms with Gasteiger partial charge in [-0.3, -0.25) is 9.59 Å².